The number of carboxylic acids is 1. The molecule has 0 aliphatic rings. The summed E-state index contributed by atoms with van der Waals surface area (Å²) in [6.45, 7) is 7.02. The van der Waals surface area contributed by atoms with Crippen molar-refractivity contribution in [3.8, 4) is 22.8 Å². The van der Waals surface area contributed by atoms with Crippen molar-refractivity contribution >= 4 is 5.97 Å². The monoisotopic (exact) mass is 462 g/mol. The van der Waals surface area contributed by atoms with E-state index in [1.165, 1.54) is 26.0 Å². The third-order valence-corrected chi connectivity index (χ3v) is 5.16. The van der Waals surface area contributed by atoms with Crippen LogP contribution in [-0.4, -0.2) is 33.5 Å². The number of alkyl halides is 3. The van der Waals surface area contributed by atoms with Gasteiger partial charge in [0.25, 0.3) is 0 Å². The van der Waals surface area contributed by atoms with Crippen LogP contribution in [0.3, 0.4) is 0 Å². The number of rotatable bonds is 8. The summed E-state index contributed by atoms with van der Waals surface area (Å²) in [6, 6.07) is 11.8. The Morgan fingerprint density at radius 1 is 1.12 bits per heavy atom. The molecule has 1 aromatic heterocycles. The first-order valence-corrected chi connectivity index (χ1v) is 10.3. The molecule has 0 fully saturated rings. The number of ether oxygens (including phenoxy) is 2. The van der Waals surface area contributed by atoms with E-state index in [0.717, 1.165) is 23.4 Å². The number of hydrogen-bond acceptors (Lipinski definition) is 4. The summed E-state index contributed by atoms with van der Waals surface area (Å²) in [5.74, 6) is -0.0750. The normalized spacial score (nSPS) is 12.9. The number of aromatic nitrogens is 2. The zero-order valence-corrected chi connectivity index (χ0v) is 18.7. The van der Waals surface area contributed by atoms with Gasteiger partial charge in [0, 0.05) is 17.2 Å². The van der Waals surface area contributed by atoms with Gasteiger partial charge in [-0.25, -0.2) is 4.79 Å². The number of benzene rings is 2. The van der Waals surface area contributed by atoms with Crippen molar-refractivity contribution in [3.63, 3.8) is 0 Å². The first kappa shape index (κ1) is 24.2. The number of aromatic amines is 1. The number of carbonyl (C=O) groups is 1. The maximum absolute atomic E-state index is 12.7. The Balaban J connectivity index is 1.62. The van der Waals surface area contributed by atoms with Gasteiger partial charge in [-0.15, -0.1) is 0 Å². The molecule has 1 atom stereocenters. The van der Waals surface area contributed by atoms with Gasteiger partial charge < -0.3 is 14.6 Å². The summed E-state index contributed by atoms with van der Waals surface area (Å²) in [6.07, 6.45) is -4.38. The molecule has 0 saturated heterocycles. The van der Waals surface area contributed by atoms with Crippen LogP contribution in [0.2, 0.25) is 0 Å². The zero-order chi connectivity index (χ0) is 24.4. The van der Waals surface area contributed by atoms with Gasteiger partial charge in [-0.05, 0) is 62.7 Å². The fraction of sp³-hybridized carbons (Fsp3) is 0.333. The fourth-order valence-electron chi connectivity index (χ4n) is 3.02. The Morgan fingerprint density at radius 3 is 2.36 bits per heavy atom. The molecule has 0 aliphatic heterocycles. The average molecular weight is 462 g/mol. The molecule has 0 aliphatic carbocycles. The maximum Gasteiger partial charge on any atom is 0.416 e. The Kier molecular flexibility index (Phi) is 6.71. The number of hydrogen-bond donors (Lipinski definition) is 2. The van der Waals surface area contributed by atoms with E-state index in [2.05, 4.69) is 10.2 Å². The minimum absolute atomic E-state index is 0.0668. The number of nitrogens with zero attached hydrogens (tertiary/aromatic N) is 1. The van der Waals surface area contributed by atoms with Crippen LogP contribution in [0.15, 0.2) is 48.5 Å². The van der Waals surface area contributed by atoms with Crippen LogP contribution < -0.4 is 9.47 Å². The molecule has 0 amide bonds. The lowest BCUT2D eigenvalue weighted by Crippen LogP contribution is -2.38. The summed E-state index contributed by atoms with van der Waals surface area (Å²) < 4.78 is 49.7. The number of H-pyrrole nitrogens is 1. The standard InChI is InChI=1S/C24H25F3N2O4/c1-14-11-18(9-10-21(14)33-23(3,4)22(30)31)32-13-15(2)19-12-20(29-28-19)16-5-7-17(8-6-16)24(25,26)27/h5-12,15H,13H2,1-4H3,(H,28,29)(H,30,31). The summed E-state index contributed by atoms with van der Waals surface area (Å²) in [5.41, 5.74) is 0.582. The van der Waals surface area contributed by atoms with Crippen molar-refractivity contribution in [3.05, 3.63) is 65.4 Å². The Hall–Kier alpha value is -3.49. The van der Waals surface area contributed by atoms with Gasteiger partial charge in [-0.3, -0.25) is 5.10 Å². The number of nitrogens with one attached hydrogen (secondary N) is 1. The molecular formula is C24H25F3N2O4. The van der Waals surface area contributed by atoms with Gasteiger partial charge in [0.1, 0.15) is 11.5 Å². The lowest BCUT2D eigenvalue weighted by molar-refractivity contribution is -0.152. The average Bonchev–Trinajstić information content (AvgIpc) is 3.23. The van der Waals surface area contributed by atoms with Crippen molar-refractivity contribution in [2.75, 3.05) is 6.61 Å². The largest absolute Gasteiger partial charge is 0.493 e. The smallest absolute Gasteiger partial charge is 0.416 e. The topological polar surface area (TPSA) is 84.4 Å². The second-order valence-corrected chi connectivity index (χ2v) is 8.34. The van der Waals surface area contributed by atoms with E-state index in [9.17, 15) is 23.1 Å². The summed E-state index contributed by atoms with van der Waals surface area (Å²) in [4.78, 5) is 11.3. The summed E-state index contributed by atoms with van der Waals surface area (Å²) in [5, 5.41) is 16.3. The van der Waals surface area contributed by atoms with E-state index in [4.69, 9.17) is 9.47 Å². The van der Waals surface area contributed by atoms with Crippen LogP contribution in [0.4, 0.5) is 13.2 Å². The third kappa shape index (κ3) is 5.85. The molecular weight excluding hydrogens is 437 g/mol. The molecule has 1 heterocycles. The molecule has 2 N–H and O–H groups in total. The van der Waals surface area contributed by atoms with Crippen molar-refractivity contribution in [2.24, 2.45) is 0 Å². The van der Waals surface area contributed by atoms with Gasteiger partial charge in [-0.1, -0.05) is 19.1 Å². The molecule has 1 unspecified atom stereocenters. The highest BCUT2D eigenvalue weighted by atomic mass is 19.4. The van der Waals surface area contributed by atoms with Gasteiger partial charge in [0.15, 0.2) is 5.60 Å². The van der Waals surface area contributed by atoms with Crippen LogP contribution in [0, 0.1) is 6.92 Å². The van der Waals surface area contributed by atoms with E-state index in [1.807, 2.05) is 6.92 Å². The van der Waals surface area contributed by atoms with E-state index < -0.39 is 23.3 Å². The van der Waals surface area contributed by atoms with Crippen LogP contribution in [-0.2, 0) is 11.0 Å². The first-order valence-electron chi connectivity index (χ1n) is 10.3. The predicted molar refractivity (Wildman–Crippen MR) is 116 cm³/mol. The van der Waals surface area contributed by atoms with Crippen LogP contribution in [0.1, 0.15) is 43.5 Å². The number of carboxylic acid groups (broad SMARTS) is 1. The van der Waals surface area contributed by atoms with Crippen LogP contribution >= 0.6 is 0 Å². The predicted octanol–water partition coefficient (Wildman–Crippen LogP) is 5.83. The van der Waals surface area contributed by atoms with Gasteiger partial charge >= 0.3 is 12.1 Å². The van der Waals surface area contributed by atoms with Crippen LogP contribution in [0.5, 0.6) is 11.5 Å². The number of aryl methyl sites for hydroxylation is 1. The molecule has 2 aromatic carbocycles. The van der Waals surface area contributed by atoms with Gasteiger partial charge in [0.2, 0.25) is 0 Å². The zero-order valence-electron chi connectivity index (χ0n) is 18.7. The van der Waals surface area contributed by atoms with Crippen molar-refractivity contribution in [1.82, 2.24) is 10.2 Å². The first-order chi connectivity index (χ1) is 15.4. The van der Waals surface area contributed by atoms with E-state index in [1.54, 1.807) is 31.2 Å². The molecule has 9 heteroatoms. The van der Waals surface area contributed by atoms with E-state index >= 15 is 0 Å². The molecule has 0 spiro atoms. The van der Waals surface area contributed by atoms with Crippen molar-refractivity contribution in [1.29, 1.82) is 0 Å². The van der Waals surface area contributed by atoms with E-state index in [0.29, 0.717) is 29.4 Å². The van der Waals surface area contributed by atoms with Crippen LogP contribution in [0.25, 0.3) is 11.3 Å². The molecule has 0 radical (unpaired) electrons. The lowest BCUT2D eigenvalue weighted by atomic mass is 10.1. The minimum Gasteiger partial charge on any atom is -0.493 e. The van der Waals surface area contributed by atoms with Crippen molar-refractivity contribution < 1.29 is 32.5 Å². The van der Waals surface area contributed by atoms with Crippen molar-refractivity contribution in [2.45, 2.75) is 45.4 Å². The fourth-order valence-corrected chi connectivity index (χ4v) is 3.02. The summed E-state index contributed by atoms with van der Waals surface area (Å²) >= 11 is 0. The molecule has 176 valence electrons. The SMILES string of the molecule is Cc1cc(OCC(C)c2cc(-c3ccc(C(F)(F)F)cc3)n[nH]2)ccc1OC(C)(C)C(=O)O. The van der Waals surface area contributed by atoms with E-state index in [-0.39, 0.29) is 5.92 Å². The lowest BCUT2D eigenvalue weighted by Gasteiger charge is -2.23. The number of aliphatic carboxylic acids is 1. The molecule has 3 aromatic rings. The Morgan fingerprint density at radius 2 is 1.79 bits per heavy atom. The second kappa shape index (κ2) is 9.17. The Bertz CT molecular complexity index is 1120. The second-order valence-electron chi connectivity index (χ2n) is 8.34. The summed E-state index contributed by atoms with van der Waals surface area (Å²) in [7, 11) is 0. The molecule has 0 bridgehead atoms. The Labute approximate surface area is 189 Å². The quantitative estimate of drug-likeness (QED) is 0.440. The van der Waals surface area contributed by atoms with Gasteiger partial charge in [0.05, 0.1) is 17.9 Å². The molecule has 3 rings (SSSR count). The van der Waals surface area contributed by atoms with Gasteiger partial charge in [-0.2, -0.15) is 18.3 Å². The third-order valence-electron chi connectivity index (χ3n) is 5.16. The molecule has 33 heavy (non-hydrogen) atoms. The minimum atomic E-state index is -4.38. The maximum atomic E-state index is 12.7. The highest BCUT2D eigenvalue weighted by Crippen LogP contribution is 2.31. The number of halogens is 3. The molecule has 6 nitrogen and oxygen atoms in total. The molecule has 0 saturated carbocycles. The highest BCUT2D eigenvalue weighted by molar-refractivity contribution is 5.76. The highest BCUT2D eigenvalue weighted by Gasteiger charge is 2.30.